The predicted octanol–water partition coefficient (Wildman–Crippen LogP) is 1.28. The van der Waals surface area contributed by atoms with Gasteiger partial charge < -0.3 is 25.0 Å². The van der Waals surface area contributed by atoms with Crippen LogP contribution in [0.15, 0.2) is 24.3 Å². The SMILES string of the molecule is COc1nc(CNC(=O)Nc2ccccc2OC)nc(N(C)C)n1. The van der Waals surface area contributed by atoms with E-state index in [1.807, 2.05) is 6.07 Å². The van der Waals surface area contributed by atoms with Gasteiger partial charge in [-0.05, 0) is 12.1 Å². The Morgan fingerprint density at radius 3 is 2.54 bits per heavy atom. The molecule has 0 aliphatic carbocycles. The van der Waals surface area contributed by atoms with Gasteiger partial charge in [-0.3, -0.25) is 0 Å². The number of amides is 2. The highest BCUT2D eigenvalue weighted by Gasteiger charge is 2.11. The maximum absolute atomic E-state index is 12.0. The Balaban J connectivity index is 2.02. The minimum Gasteiger partial charge on any atom is -0.495 e. The Morgan fingerprint density at radius 2 is 1.88 bits per heavy atom. The van der Waals surface area contributed by atoms with Gasteiger partial charge in [0, 0.05) is 14.1 Å². The van der Waals surface area contributed by atoms with Gasteiger partial charge in [-0.2, -0.15) is 15.0 Å². The highest BCUT2D eigenvalue weighted by atomic mass is 16.5. The first-order valence-electron chi connectivity index (χ1n) is 7.17. The summed E-state index contributed by atoms with van der Waals surface area (Å²) in [4.78, 5) is 26.2. The molecular formula is C15H20N6O3. The summed E-state index contributed by atoms with van der Waals surface area (Å²) in [5, 5.41) is 5.39. The molecule has 2 N–H and O–H groups in total. The molecule has 9 heteroatoms. The molecule has 9 nitrogen and oxygen atoms in total. The minimum atomic E-state index is -0.398. The van der Waals surface area contributed by atoms with E-state index in [9.17, 15) is 4.79 Å². The normalized spacial score (nSPS) is 10.0. The van der Waals surface area contributed by atoms with E-state index in [1.54, 1.807) is 37.2 Å². The Morgan fingerprint density at radius 1 is 1.12 bits per heavy atom. The van der Waals surface area contributed by atoms with E-state index >= 15 is 0 Å². The average Bonchev–Trinajstić information content (AvgIpc) is 2.60. The fourth-order valence-electron chi connectivity index (χ4n) is 1.83. The van der Waals surface area contributed by atoms with Crippen LogP contribution in [0.2, 0.25) is 0 Å². The van der Waals surface area contributed by atoms with Crippen molar-refractivity contribution in [3.05, 3.63) is 30.1 Å². The van der Waals surface area contributed by atoms with Crippen molar-refractivity contribution in [1.29, 1.82) is 0 Å². The van der Waals surface area contributed by atoms with Crippen LogP contribution in [0.25, 0.3) is 0 Å². The molecule has 2 aromatic rings. The maximum atomic E-state index is 12.0. The molecule has 0 spiro atoms. The van der Waals surface area contributed by atoms with Gasteiger partial charge in [0.15, 0.2) is 5.82 Å². The number of hydrogen-bond acceptors (Lipinski definition) is 7. The van der Waals surface area contributed by atoms with Gasteiger partial charge in [-0.1, -0.05) is 12.1 Å². The summed E-state index contributed by atoms with van der Waals surface area (Å²) in [6, 6.07) is 6.92. The monoisotopic (exact) mass is 332 g/mol. The van der Waals surface area contributed by atoms with Gasteiger partial charge in [0.2, 0.25) is 5.95 Å². The zero-order valence-corrected chi connectivity index (χ0v) is 14.0. The van der Waals surface area contributed by atoms with E-state index in [4.69, 9.17) is 9.47 Å². The van der Waals surface area contributed by atoms with Crippen LogP contribution >= 0.6 is 0 Å². The molecule has 24 heavy (non-hydrogen) atoms. The number of nitrogens with one attached hydrogen (secondary N) is 2. The summed E-state index contributed by atoms with van der Waals surface area (Å²) < 4.78 is 10.2. The fraction of sp³-hybridized carbons (Fsp3) is 0.333. The second kappa shape index (κ2) is 7.95. The molecule has 2 amide bonds. The van der Waals surface area contributed by atoms with Crippen LogP contribution in [0.1, 0.15) is 5.82 Å². The molecule has 0 unspecified atom stereocenters. The van der Waals surface area contributed by atoms with Crippen LogP contribution < -0.4 is 25.0 Å². The standard InChI is InChI=1S/C15H20N6O3/c1-21(2)13-18-12(19-15(20-13)24-4)9-16-14(22)17-10-7-5-6-8-11(10)23-3/h5-8H,9H2,1-4H3,(H2,16,17,22). The molecule has 0 aliphatic heterocycles. The summed E-state index contributed by atoms with van der Waals surface area (Å²) in [6.07, 6.45) is 0. The lowest BCUT2D eigenvalue weighted by atomic mass is 10.3. The largest absolute Gasteiger partial charge is 0.495 e. The minimum absolute atomic E-state index is 0.126. The first kappa shape index (κ1) is 17.3. The highest BCUT2D eigenvalue weighted by Crippen LogP contribution is 2.22. The highest BCUT2D eigenvalue weighted by molar-refractivity contribution is 5.90. The molecule has 1 aromatic carbocycles. The lowest BCUT2D eigenvalue weighted by Crippen LogP contribution is -2.29. The number of urea groups is 1. The third kappa shape index (κ3) is 4.45. The quantitative estimate of drug-likeness (QED) is 0.821. The van der Waals surface area contributed by atoms with Crippen molar-refractivity contribution in [2.75, 3.05) is 38.5 Å². The van der Waals surface area contributed by atoms with Crippen LogP contribution in [0, 0.1) is 0 Å². The van der Waals surface area contributed by atoms with Crippen molar-refractivity contribution >= 4 is 17.7 Å². The molecule has 0 fully saturated rings. The molecule has 128 valence electrons. The summed E-state index contributed by atoms with van der Waals surface area (Å²) in [6.45, 7) is 0.126. The van der Waals surface area contributed by atoms with Gasteiger partial charge in [0.1, 0.15) is 5.75 Å². The van der Waals surface area contributed by atoms with Crippen LogP contribution in [0.4, 0.5) is 16.4 Å². The topological polar surface area (TPSA) is 102 Å². The average molecular weight is 332 g/mol. The van der Waals surface area contributed by atoms with Crippen molar-refractivity contribution in [2.24, 2.45) is 0 Å². The van der Waals surface area contributed by atoms with Crippen LogP contribution in [0.5, 0.6) is 11.8 Å². The molecule has 0 aliphatic rings. The van der Waals surface area contributed by atoms with E-state index in [1.165, 1.54) is 14.2 Å². The number of para-hydroxylation sites is 2. The van der Waals surface area contributed by atoms with Crippen molar-refractivity contribution in [2.45, 2.75) is 6.54 Å². The Hall–Kier alpha value is -3.10. The van der Waals surface area contributed by atoms with Crippen LogP contribution in [-0.2, 0) is 6.54 Å². The number of nitrogens with zero attached hydrogens (tertiary/aromatic N) is 4. The van der Waals surface area contributed by atoms with Crippen molar-refractivity contribution < 1.29 is 14.3 Å². The van der Waals surface area contributed by atoms with Gasteiger partial charge in [-0.25, -0.2) is 4.79 Å². The van der Waals surface area contributed by atoms with E-state index in [2.05, 4.69) is 25.6 Å². The van der Waals surface area contributed by atoms with Crippen molar-refractivity contribution in [3.63, 3.8) is 0 Å². The second-order valence-electron chi connectivity index (χ2n) is 4.94. The lowest BCUT2D eigenvalue weighted by molar-refractivity contribution is 0.251. The fourth-order valence-corrected chi connectivity index (χ4v) is 1.83. The number of ether oxygens (including phenoxy) is 2. The number of anilines is 2. The molecule has 0 radical (unpaired) electrons. The first-order chi connectivity index (χ1) is 11.5. The summed E-state index contributed by atoms with van der Waals surface area (Å²) in [5.74, 6) is 1.41. The van der Waals surface area contributed by atoms with Gasteiger partial charge in [0.25, 0.3) is 0 Å². The maximum Gasteiger partial charge on any atom is 0.321 e. The number of carbonyl (C=O) groups excluding carboxylic acids is 1. The molecular weight excluding hydrogens is 312 g/mol. The van der Waals surface area contributed by atoms with Gasteiger partial charge >= 0.3 is 12.0 Å². The van der Waals surface area contributed by atoms with E-state index < -0.39 is 6.03 Å². The molecule has 0 atom stereocenters. The Labute approximate surface area is 140 Å². The summed E-state index contributed by atoms with van der Waals surface area (Å²) in [7, 11) is 6.62. The van der Waals surface area contributed by atoms with E-state index in [0.29, 0.717) is 23.2 Å². The summed E-state index contributed by atoms with van der Waals surface area (Å²) in [5.41, 5.74) is 0.569. The predicted molar refractivity (Wildman–Crippen MR) is 89.6 cm³/mol. The summed E-state index contributed by atoms with van der Waals surface area (Å²) >= 11 is 0. The van der Waals surface area contributed by atoms with Crippen LogP contribution in [0.3, 0.4) is 0 Å². The third-order valence-corrected chi connectivity index (χ3v) is 2.99. The Bertz CT molecular complexity index is 707. The van der Waals surface area contributed by atoms with Crippen LogP contribution in [-0.4, -0.2) is 49.3 Å². The smallest absolute Gasteiger partial charge is 0.321 e. The number of hydrogen-bond donors (Lipinski definition) is 2. The molecule has 1 aromatic heterocycles. The number of benzene rings is 1. The zero-order chi connectivity index (χ0) is 17.5. The van der Waals surface area contributed by atoms with Gasteiger partial charge in [0.05, 0.1) is 26.5 Å². The number of rotatable bonds is 6. The van der Waals surface area contributed by atoms with E-state index in [-0.39, 0.29) is 12.6 Å². The Kier molecular flexibility index (Phi) is 5.72. The number of methoxy groups -OCH3 is 2. The first-order valence-corrected chi connectivity index (χ1v) is 7.17. The molecule has 2 rings (SSSR count). The van der Waals surface area contributed by atoms with Crippen molar-refractivity contribution in [3.8, 4) is 11.8 Å². The lowest BCUT2D eigenvalue weighted by Gasteiger charge is -2.13. The third-order valence-electron chi connectivity index (χ3n) is 2.99. The van der Waals surface area contributed by atoms with Crippen molar-refractivity contribution in [1.82, 2.24) is 20.3 Å². The molecule has 0 saturated heterocycles. The number of carbonyl (C=O) groups is 1. The van der Waals surface area contributed by atoms with Gasteiger partial charge in [-0.15, -0.1) is 0 Å². The second-order valence-corrected chi connectivity index (χ2v) is 4.94. The number of aromatic nitrogens is 3. The zero-order valence-electron chi connectivity index (χ0n) is 14.0. The molecule has 0 bridgehead atoms. The van der Waals surface area contributed by atoms with E-state index in [0.717, 1.165) is 0 Å². The molecule has 1 heterocycles. The molecule has 0 saturated carbocycles.